The van der Waals surface area contributed by atoms with Crippen LogP contribution >= 0.6 is 65.0 Å². The van der Waals surface area contributed by atoms with Crippen molar-refractivity contribution < 1.29 is 0 Å². The molecule has 4 rings (SSSR count). The summed E-state index contributed by atoms with van der Waals surface area (Å²) in [6, 6.07) is 0. The largest absolute Gasteiger partial charge is 0.173 e. The average molecular weight is 513 g/mol. The minimum Gasteiger partial charge on any atom is -0.173 e. The maximum atomic E-state index is 5.53. The first-order valence-electron chi connectivity index (χ1n) is 9.96. The molecule has 0 saturated carbocycles. The van der Waals surface area contributed by atoms with E-state index in [1.54, 1.807) is 0 Å². The summed E-state index contributed by atoms with van der Waals surface area (Å²) in [4.78, 5) is 9.31. The smallest absolute Gasteiger partial charge is 0.0497 e. The molecule has 4 aliphatic rings. The summed E-state index contributed by atoms with van der Waals surface area (Å²) in [7, 11) is -1.95. The molecule has 4 aliphatic carbocycles. The molecule has 1 nitrogen and oxygen atoms in total. The second-order valence-corrected chi connectivity index (χ2v) is 13.4. The van der Waals surface area contributed by atoms with Crippen molar-refractivity contribution in [1.82, 2.24) is 4.86 Å². The van der Waals surface area contributed by atoms with E-state index >= 15 is 0 Å². The predicted octanol–water partition coefficient (Wildman–Crippen LogP) is 8.24. The minimum atomic E-state index is -0.976. The van der Waals surface area contributed by atoms with E-state index in [4.69, 9.17) is 53.7 Å². The lowest BCUT2D eigenvalue weighted by atomic mass is 10.2. The molecule has 7 heteroatoms. The molecule has 0 saturated heterocycles. The van der Waals surface area contributed by atoms with Gasteiger partial charge in [0, 0.05) is 61.3 Å². The summed E-state index contributed by atoms with van der Waals surface area (Å²) in [5.74, 6) is 0. The lowest BCUT2D eigenvalue weighted by Gasteiger charge is -2.30. The van der Waals surface area contributed by atoms with Crippen LogP contribution in [0, 0.1) is 0 Å². The second kappa shape index (κ2) is 10.8. The first kappa shape index (κ1) is 23.3. The number of thiocarbonyl (C=S) groups is 4. The molecule has 0 aromatic heterocycles. The van der Waals surface area contributed by atoms with Gasteiger partial charge in [0.15, 0.2) is 0 Å². The minimum absolute atomic E-state index is 0.814. The van der Waals surface area contributed by atoms with Crippen LogP contribution in [-0.2, 0) is 0 Å². The molecule has 0 spiro atoms. The molecular weight excluding hydrogens is 492 g/mol. The molecule has 0 aromatic carbocycles. The van der Waals surface area contributed by atoms with Gasteiger partial charge in [0.05, 0.1) is 0 Å². The summed E-state index contributed by atoms with van der Waals surface area (Å²) in [5.41, 5.74) is 0. The van der Waals surface area contributed by atoms with E-state index < -0.39 is 16.1 Å². The zero-order valence-corrected chi connectivity index (χ0v) is 21.8. The lowest BCUT2D eigenvalue weighted by molar-refractivity contribution is 1.44. The fourth-order valence-electron chi connectivity index (χ4n) is 3.39. The van der Waals surface area contributed by atoms with E-state index in [-0.39, 0.29) is 0 Å². The van der Waals surface area contributed by atoms with Crippen LogP contribution in [0.2, 0.25) is 0 Å². The second-order valence-electron chi connectivity index (χ2n) is 7.28. The Morgan fingerprint density at radius 1 is 0.484 bits per heavy atom. The molecule has 0 heterocycles. The molecule has 0 unspecified atom stereocenters. The van der Waals surface area contributed by atoms with Crippen LogP contribution in [0.25, 0.3) is 0 Å². The maximum absolute atomic E-state index is 5.53. The molecule has 1 radical (unpaired) electrons. The van der Waals surface area contributed by atoms with Crippen LogP contribution in [0.5, 0.6) is 0 Å². The Kier molecular flexibility index (Phi) is 8.11. The fraction of sp³-hybridized carbons (Fsp3) is 0.167. The van der Waals surface area contributed by atoms with E-state index in [0.717, 1.165) is 45.1 Å². The third-order valence-electron chi connectivity index (χ3n) is 4.82. The predicted molar refractivity (Wildman–Crippen MR) is 154 cm³/mol. The van der Waals surface area contributed by atoms with Crippen molar-refractivity contribution in [3.05, 3.63) is 94.2 Å². The molecule has 0 amide bonds. The molecule has 0 bridgehead atoms. The van der Waals surface area contributed by atoms with Crippen molar-refractivity contribution in [3.8, 4) is 0 Å². The van der Waals surface area contributed by atoms with E-state index in [1.807, 2.05) is 0 Å². The van der Waals surface area contributed by atoms with Crippen molar-refractivity contribution >= 4 is 84.5 Å². The van der Waals surface area contributed by atoms with Crippen LogP contribution in [0.1, 0.15) is 25.7 Å². The van der Waals surface area contributed by atoms with Gasteiger partial charge in [-0.3, -0.25) is 0 Å². The van der Waals surface area contributed by atoms with Crippen LogP contribution in [0.15, 0.2) is 94.2 Å². The first-order valence-corrected chi connectivity index (χ1v) is 14.2. The third kappa shape index (κ3) is 6.12. The quantitative estimate of drug-likeness (QED) is 0.263. The number of nitrogens with zero attached hydrogens (tertiary/aromatic N) is 1. The molecule has 0 N–H and O–H groups in total. The highest BCUT2D eigenvalue weighted by Gasteiger charge is 2.29. The number of hydrogen-bond acceptors (Lipinski definition) is 4. The van der Waals surface area contributed by atoms with Crippen LogP contribution in [0.4, 0.5) is 0 Å². The van der Waals surface area contributed by atoms with E-state index in [1.165, 1.54) is 21.3 Å². The van der Waals surface area contributed by atoms with Crippen molar-refractivity contribution in [2.75, 3.05) is 0 Å². The zero-order chi connectivity index (χ0) is 21.8. The summed E-state index contributed by atoms with van der Waals surface area (Å²) >= 11 is 22.1. The van der Waals surface area contributed by atoms with Gasteiger partial charge in [-0.05, 0) is 45.6 Å². The molecule has 0 fully saturated rings. The number of hydrogen-bond donors (Lipinski definition) is 0. The van der Waals surface area contributed by atoms with Gasteiger partial charge < -0.3 is 0 Å². The summed E-state index contributed by atoms with van der Waals surface area (Å²) in [6.07, 6.45) is 29.0. The third-order valence-corrected chi connectivity index (χ3v) is 10.5. The van der Waals surface area contributed by atoms with Gasteiger partial charge in [0.1, 0.15) is 0 Å². The fourth-order valence-corrected chi connectivity index (χ4v) is 9.70. The normalized spacial score (nSPS) is 21.0. The Morgan fingerprint density at radius 2 is 0.742 bits per heavy atom. The number of rotatable bonds is 6. The summed E-state index contributed by atoms with van der Waals surface area (Å²) in [5, 5.41) is 4.69. The van der Waals surface area contributed by atoms with Gasteiger partial charge in [-0.1, -0.05) is 97.5 Å². The van der Waals surface area contributed by atoms with E-state index in [9.17, 15) is 0 Å². The lowest BCUT2D eigenvalue weighted by Crippen LogP contribution is -2.07. The van der Waals surface area contributed by atoms with Crippen molar-refractivity contribution in [2.45, 2.75) is 25.7 Å². The molecule has 0 aromatic rings. The Bertz CT molecular complexity index is 929. The highest BCUT2D eigenvalue weighted by atomic mass is 32.1. The van der Waals surface area contributed by atoms with Crippen molar-refractivity contribution in [1.29, 1.82) is 0 Å². The molecule has 0 aliphatic heterocycles. The monoisotopic (exact) mass is 512 g/mol. The Labute approximate surface area is 208 Å². The zero-order valence-electron chi connectivity index (χ0n) is 16.7. The van der Waals surface area contributed by atoms with Gasteiger partial charge in [0.25, 0.3) is 0 Å². The Balaban J connectivity index is 1.77. The van der Waals surface area contributed by atoms with Crippen LogP contribution < -0.4 is 4.86 Å². The van der Waals surface area contributed by atoms with Crippen LogP contribution in [0.3, 0.4) is 0 Å². The van der Waals surface area contributed by atoms with Crippen molar-refractivity contribution in [2.24, 2.45) is 0 Å². The van der Waals surface area contributed by atoms with E-state index in [0.29, 0.717) is 0 Å². The SMILES string of the molecule is S=C1C=C(P([N]P(C2=CC(=S)CC=C2)C2=CC(=S)CC=C2)C2=CC(=S)CC=C2)C=CC1. The van der Waals surface area contributed by atoms with Crippen LogP contribution in [-0.4, -0.2) is 19.5 Å². The highest BCUT2D eigenvalue weighted by Crippen LogP contribution is 2.65. The topological polar surface area (TPSA) is 14.1 Å². The standard InChI is InChI=1S/C24H20NP2S4/c28-21-9-1-5-17(13-21)26(18-6-2-10-22(29)14-18)25-27(19-7-3-11-23(30)15-19)20-8-4-12-24(31)16-20/h1-8,13-16H,9-12H2. The summed E-state index contributed by atoms with van der Waals surface area (Å²) < 4.78 is 0. The first-order chi connectivity index (χ1) is 15.0. The molecule has 155 valence electrons. The molecule has 31 heavy (non-hydrogen) atoms. The van der Waals surface area contributed by atoms with Gasteiger partial charge in [-0.15, -0.1) is 0 Å². The van der Waals surface area contributed by atoms with E-state index in [2.05, 4.69) is 72.9 Å². The molecular formula is C24H20NP2S4. The van der Waals surface area contributed by atoms with Gasteiger partial charge in [0.2, 0.25) is 0 Å². The summed E-state index contributed by atoms with van der Waals surface area (Å²) in [6.45, 7) is 0. The average Bonchev–Trinajstić information content (AvgIpc) is 2.74. The van der Waals surface area contributed by atoms with Gasteiger partial charge >= 0.3 is 0 Å². The Morgan fingerprint density at radius 3 is 0.968 bits per heavy atom. The highest BCUT2D eigenvalue weighted by molar-refractivity contribution is 7.82. The Hall–Kier alpha value is -0.900. The van der Waals surface area contributed by atoms with Crippen molar-refractivity contribution in [3.63, 3.8) is 0 Å². The van der Waals surface area contributed by atoms with Gasteiger partial charge in [-0.25, -0.2) is 0 Å². The maximum Gasteiger partial charge on any atom is 0.0497 e. The molecule has 0 atom stereocenters. The number of allylic oxidation sites excluding steroid dienone is 16. The van der Waals surface area contributed by atoms with Gasteiger partial charge in [-0.2, -0.15) is 4.86 Å².